The summed E-state index contributed by atoms with van der Waals surface area (Å²) in [7, 11) is 0. The molecule has 0 radical (unpaired) electrons. The molecule has 0 aromatic heterocycles. The predicted octanol–water partition coefficient (Wildman–Crippen LogP) is 3.32. The fraction of sp³-hybridized carbons (Fsp3) is 0.611. The van der Waals surface area contributed by atoms with Crippen LogP contribution >= 0.6 is 11.6 Å². The van der Waals surface area contributed by atoms with E-state index in [1.165, 1.54) is 5.56 Å². The lowest BCUT2D eigenvalue weighted by Gasteiger charge is -2.38. The highest BCUT2D eigenvalue weighted by atomic mass is 35.5. The van der Waals surface area contributed by atoms with Gasteiger partial charge in [0, 0.05) is 49.8 Å². The van der Waals surface area contributed by atoms with Gasteiger partial charge in [-0.2, -0.15) is 0 Å². The Hall–Kier alpha value is -1.10. The molecule has 1 aliphatic heterocycles. The number of benzene rings is 1. The summed E-state index contributed by atoms with van der Waals surface area (Å²) in [4.78, 5) is 12.1. The van der Waals surface area contributed by atoms with Crippen LogP contribution in [0.2, 0.25) is 5.02 Å². The van der Waals surface area contributed by atoms with Crippen LogP contribution in [0.25, 0.3) is 0 Å². The second-order valence-corrected chi connectivity index (χ2v) is 6.42. The van der Waals surface area contributed by atoms with E-state index in [0.29, 0.717) is 39.4 Å². The molecule has 1 aromatic carbocycles. The van der Waals surface area contributed by atoms with Crippen molar-refractivity contribution in [2.24, 2.45) is 0 Å². The maximum atomic E-state index is 12.1. The molecule has 1 saturated heterocycles. The normalized spacial score (nSPS) is 17.0. The molecule has 128 valence electrons. The van der Waals surface area contributed by atoms with Gasteiger partial charge >= 0.3 is 0 Å². The highest BCUT2D eigenvalue weighted by Gasteiger charge is 2.34. The number of hydrogen-bond donors (Lipinski definition) is 1. The Balaban J connectivity index is 1.95. The van der Waals surface area contributed by atoms with Crippen molar-refractivity contribution in [1.82, 2.24) is 5.32 Å². The summed E-state index contributed by atoms with van der Waals surface area (Å²) in [5.41, 5.74) is 1.10. The van der Waals surface area contributed by atoms with Crippen LogP contribution in [0.3, 0.4) is 0 Å². The minimum atomic E-state index is -0.0846. The molecular weight excluding hydrogens is 314 g/mol. The maximum Gasteiger partial charge on any atom is 0.220 e. The van der Waals surface area contributed by atoms with Crippen molar-refractivity contribution in [2.45, 2.75) is 38.0 Å². The number of carbonyl (C=O) groups excluding carboxylic acids is 1. The van der Waals surface area contributed by atoms with E-state index >= 15 is 0 Å². The lowest BCUT2D eigenvalue weighted by Crippen LogP contribution is -2.44. The first kappa shape index (κ1) is 18.2. The molecule has 1 fully saturated rings. The van der Waals surface area contributed by atoms with Crippen molar-refractivity contribution in [3.8, 4) is 0 Å². The molecule has 0 unspecified atom stereocenters. The van der Waals surface area contributed by atoms with Crippen LogP contribution < -0.4 is 5.32 Å². The number of hydrogen-bond acceptors (Lipinski definition) is 3. The Labute approximate surface area is 143 Å². The van der Waals surface area contributed by atoms with Crippen molar-refractivity contribution >= 4 is 17.5 Å². The summed E-state index contributed by atoms with van der Waals surface area (Å²) in [5.74, 6) is 0.0811. The van der Waals surface area contributed by atoms with E-state index in [0.717, 1.165) is 24.3 Å². The van der Waals surface area contributed by atoms with Gasteiger partial charge in [0.05, 0.1) is 0 Å². The Morgan fingerprint density at radius 3 is 2.87 bits per heavy atom. The molecule has 2 rings (SSSR count). The first-order valence-corrected chi connectivity index (χ1v) is 8.72. The molecule has 5 heteroatoms. The van der Waals surface area contributed by atoms with Crippen LogP contribution in [0, 0.1) is 0 Å². The lowest BCUT2D eigenvalue weighted by molar-refractivity contribution is -0.122. The molecule has 0 saturated carbocycles. The molecule has 1 N–H and O–H groups in total. The maximum absolute atomic E-state index is 12.1. The Kier molecular flexibility index (Phi) is 7.34. The molecule has 0 atom stereocenters. The third kappa shape index (κ3) is 5.48. The Morgan fingerprint density at radius 2 is 2.17 bits per heavy atom. The zero-order chi connectivity index (χ0) is 16.5. The van der Waals surface area contributed by atoms with Crippen molar-refractivity contribution < 1.29 is 14.3 Å². The highest BCUT2D eigenvalue weighted by Crippen LogP contribution is 2.35. The van der Waals surface area contributed by atoms with Gasteiger partial charge in [-0.25, -0.2) is 0 Å². The minimum Gasteiger partial charge on any atom is -0.382 e. The van der Waals surface area contributed by atoms with Gasteiger partial charge in [0.15, 0.2) is 0 Å². The van der Waals surface area contributed by atoms with Gasteiger partial charge < -0.3 is 14.8 Å². The molecule has 1 heterocycles. The number of amides is 1. The fourth-order valence-corrected chi connectivity index (χ4v) is 3.17. The molecule has 23 heavy (non-hydrogen) atoms. The van der Waals surface area contributed by atoms with Crippen molar-refractivity contribution in [2.75, 3.05) is 33.0 Å². The van der Waals surface area contributed by atoms with Gasteiger partial charge in [-0.1, -0.05) is 23.7 Å². The van der Waals surface area contributed by atoms with Crippen molar-refractivity contribution in [3.05, 3.63) is 34.9 Å². The summed E-state index contributed by atoms with van der Waals surface area (Å²) in [6.07, 6.45) is 3.05. The van der Waals surface area contributed by atoms with Crippen LogP contribution in [0.4, 0.5) is 0 Å². The summed E-state index contributed by atoms with van der Waals surface area (Å²) in [6.45, 7) is 5.35. The first-order valence-electron chi connectivity index (χ1n) is 8.34. The molecule has 1 aliphatic rings. The summed E-state index contributed by atoms with van der Waals surface area (Å²) in [5, 5.41) is 3.83. The first-order chi connectivity index (χ1) is 11.2. The number of rotatable bonds is 8. The molecular formula is C18H26ClNO3. The zero-order valence-corrected chi connectivity index (χ0v) is 14.5. The molecule has 0 spiro atoms. The van der Waals surface area contributed by atoms with E-state index in [1.807, 2.05) is 25.1 Å². The quantitative estimate of drug-likeness (QED) is 0.739. The SMILES string of the molecule is CCOCCCC(=O)NCC1(c2cccc(Cl)c2)CCOCC1. The Morgan fingerprint density at radius 1 is 1.39 bits per heavy atom. The van der Waals surface area contributed by atoms with Gasteiger partial charge in [-0.05, 0) is 43.9 Å². The second kappa shape index (κ2) is 9.26. The van der Waals surface area contributed by atoms with Crippen LogP contribution in [-0.4, -0.2) is 38.9 Å². The smallest absolute Gasteiger partial charge is 0.220 e. The molecule has 4 nitrogen and oxygen atoms in total. The largest absolute Gasteiger partial charge is 0.382 e. The highest BCUT2D eigenvalue weighted by molar-refractivity contribution is 6.30. The summed E-state index contributed by atoms with van der Waals surface area (Å²) < 4.78 is 10.8. The topological polar surface area (TPSA) is 47.6 Å². The summed E-state index contributed by atoms with van der Waals surface area (Å²) >= 11 is 6.15. The fourth-order valence-electron chi connectivity index (χ4n) is 2.98. The molecule has 1 amide bonds. The van der Waals surface area contributed by atoms with Crippen LogP contribution in [0.1, 0.15) is 38.2 Å². The van der Waals surface area contributed by atoms with Crippen LogP contribution in [0.15, 0.2) is 24.3 Å². The molecule has 0 aliphatic carbocycles. The van der Waals surface area contributed by atoms with E-state index < -0.39 is 0 Å². The lowest BCUT2D eigenvalue weighted by atomic mass is 9.74. The molecule has 0 bridgehead atoms. The van der Waals surface area contributed by atoms with Gasteiger partial charge in [0.2, 0.25) is 5.91 Å². The average molecular weight is 340 g/mol. The van der Waals surface area contributed by atoms with Gasteiger partial charge in [-0.3, -0.25) is 4.79 Å². The standard InChI is InChI=1S/C18H26ClNO3/c1-2-22-10-4-7-17(21)20-14-18(8-11-23-12-9-18)15-5-3-6-16(19)13-15/h3,5-6,13H,2,4,7-12,14H2,1H3,(H,20,21). The minimum absolute atomic E-state index is 0.0811. The van der Waals surface area contributed by atoms with Gasteiger partial charge in [-0.15, -0.1) is 0 Å². The number of halogens is 1. The Bertz CT molecular complexity index is 501. The van der Waals surface area contributed by atoms with Crippen molar-refractivity contribution in [3.63, 3.8) is 0 Å². The van der Waals surface area contributed by atoms with Crippen molar-refractivity contribution in [1.29, 1.82) is 0 Å². The third-order valence-electron chi connectivity index (χ3n) is 4.41. The van der Waals surface area contributed by atoms with E-state index in [9.17, 15) is 4.79 Å². The number of nitrogens with one attached hydrogen (secondary N) is 1. The third-order valence-corrected chi connectivity index (χ3v) is 4.64. The van der Waals surface area contributed by atoms with E-state index in [1.54, 1.807) is 0 Å². The number of ether oxygens (including phenoxy) is 2. The number of carbonyl (C=O) groups is 1. The molecule has 1 aromatic rings. The zero-order valence-electron chi connectivity index (χ0n) is 13.8. The second-order valence-electron chi connectivity index (χ2n) is 5.98. The summed E-state index contributed by atoms with van der Waals surface area (Å²) in [6, 6.07) is 7.95. The van der Waals surface area contributed by atoms with Gasteiger partial charge in [0.25, 0.3) is 0 Å². The monoisotopic (exact) mass is 339 g/mol. The van der Waals surface area contributed by atoms with Crippen LogP contribution in [-0.2, 0) is 19.7 Å². The van der Waals surface area contributed by atoms with Crippen LogP contribution in [0.5, 0.6) is 0 Å². The van der Waals surface area contributed by atoms with E-state index in [2.05, 4.69) is 11.4 Å². The van der Waals surface area contributed by atoms with E-state index in [-0.39, 0.29) is 11.3 Å². The van der Waals surface area contributed by atoms with E-state index in [4.69, 9.17) is 21.1 Å². The predicted molar refractivity (Wildman–Crippen MR) is 91.9 cm³/mol. The van der Waals surface area contributed by atoms with Gasteiger partial charge in [0.1, 0.15) is 0 Å². The average Bonchev–Trinajstić information content (AvgIpc) is 2.58.